The molecule has 1 aliphatic rings. The van der Waals surface area contributed by atoms with Crippen molar-refractivity contribution in [2.75, 3.05) is 23.9 Å². The predicted octanol–water partition coefficient (Wildman–Crippen LogP) is 3.89. The molecule has 0 bridgehead atoms. The van der Waals surface area contributed by atoms with Gasteiger partial charge in [0, 0.05) is 24.5 Å². The van der Waals surface area contributed by atoms with E-state index in [4.69, 9.17) is 4.74 Å². The van der Waals surface area contributed by atoms with Gasteiger partial charge in [-0.15, -0.1) is 0 Å². The van der Waals surface area contributed by atoms with E-state index in [-0.39, 0.29) is 12.1 Å². The fourth-order valence-electron chi connectivity index (χ4n) is 2.43. The van der Waals surface area contributed by atoms with Gasteiger partial charge in [-0.1, -0.05) is 12.1 Å². The van der Waals surface area contributed by atoms with Gasteiger partial charge in [0.15, 0.2) is 0 Å². The summed E-state index contributed by atoms with van der Waals surface area (Å²) in [4.78, 5) is 14.2. The monoisotopic (exact) mass is 322 g/mol. The van der Waals surface area contributed by atoms with E-state index in [9.17, 15) is 4.79 Å². The first-order valence-corrected chi connectivity index (χ1v) is 8.96. The van der Waals surface area contributed by atoms with E-state index in [2.05, 4.69) is 5.32 Å². The molecule has 1 aliphatic heterocycles. The van der Waals surface area contributed by atoms with Crippen LogP contribution < -0.4 is 5.32 Å². The van der Waals surface area contributed by atoms with E-state index < -0.39 is 0 Å². The molecule has 2 rings (SSSR count). The summed E-state index contributed by atoms with van der Waals surface area (Å²) in [5, 5.41) is 3.04. The second-order valence-corrected chi connectivity index (χ2v) is 7.16. The molecule has 122 valence electrons. The number of thioether (sulfide) groups is 1. The molecular formula is C17H26N2O2S. The Hall–Kier alpha value is -1.20. The topological polar surface area (TPSA) is 41.6 Å². The summed E-state index contributed by atoms with van der Waals surface area (Å²) in [6, 6.07) is 6.27. The first-order valence-electron chi connectivity index (χ1n) is 7.80. The highest BCUT2D eigenvalue weighted by molar-refractivity contribution is 7.99. The van der Waals surface area contributed by atoms with Gasteiger partial charge in [0.1, 0.15) is 0 Å². The zero-order valence-electron chi connectivity index (χ0n) is 13.9. The molecule has 0 saturated carbocycles. The Balaban J connectivity index is 2.02. The molecule has 0 aromatic heterocycles. The van der Waals surface area contributed by atoms with Crippen molar-refractivity contribution in [3.05, 3.63) is 29.3 Å². The lowest BCUT2D eigenvalue weighted by Gasteiger charge is -2.25. The molecule has 1 aromatic rings. The van der Waals surface area contributed by atoms with Gasteiger partial charge in [-0.25, -0.2) is 4.79 Å². The molecule has 1 fully saturated rings. The largest absolute Gasteiger partial charge is 0.374 e. The van der Waals surface area contributed by atoms with Crippen LogP contribution in [0.15, 0.2) is 18.2 Å². The van der Waals surface area contributed by atoms with Crippen LogP contribution in [0.3, 0.4) is 0 Å². The number of urea groups is 1. The van der Waals surface area contributed by atoms with Gasteiger partial charge in [-0.05, 0) is 50.1 Å². The summed E-state index contributed by atoms with van der Waals surface area (Å²) in [5.41, 5.74) is 3.06. The zero-order valence-corrected chi connectivity index (χ0v) is 14.7. The van der Waals surface area contributed by atoms with Crippen molar-refractivity contribution < 1.29 is 9.53 Å². The molecular weight excluding hydrogens is 296 g/mol. The van der Waals surface area contributed by atoms with Crippen LogP contribution in [-0.2, 0) is 11.3 Å². The van der Waals surface area contributed by atoms with Crippen molar-refractivity contribution >= 4 is 23.5 Å². The lowest BCUT2D eigenvalue weighted by molar-refractivity contribution is 0.0654. The van der Waals surface area contributed by atoms with Gasteiger partial charge in [-0.3, -0.25) is 0 Å². The molecule has 1 aromatic carbocycles. The molecule has 1 N–H and O–H groups in total. The Labute approximate surface area is 137 Å². The van der Waals surface area contributed by atoms with Crippen LogP contribution in [-0.4, -0.2) is 41.6 Å². The predicted molar refractivity (Wildman–Crippen MR) is 93.6 cm³/mol. The summed E-state index contributed by atoms with van der Waals surface area (Å²) in [6.45, 7) is 6.65. The lowest BCUT2D eigenvalue weighted by atomic mass is 10.1. The molecule has 1 atom stereocenters. The van der Waals surface area contributed by atoms with Crippen molar-refractivity contribution in [2.24, 2.45) is 0 Å². The van der Waals surface area contributed by atoms with Gasteiger partial charge >= 0.3 is 6.03 Å². The minimum Gasteiger partial charge on any atom is -0.374 e. The maximum atomic E-state index is 12.4. The fourth-order valence-corrected chi connectivity index (χ4v) is 3.70. The van der Waals surface area contributed by atoms with Gasteiger partial charge in [-0.2, -0.15) is 11.8 Å². The second kappa shape index (κ2) is 7.88. The van der Waals surface area contributed by atoms with Crippen molar-refractivity contribution in [2.45, 2.75) is 45.9 Å². The SMILES string of the molecule is Cc1c(COC(C)C)cccc1NC(=O)N(C)[C@@H]1CCSC1. The molecule has 0 radical (unpaired) electrons. The molecule has 5 heteroatoms. The Morgan fingerprint density at radius 3 is 2.91 bits per heavy atom. The van der Waals surface area contributed by atoms with E-state index in [1.54, 1.807) is 0 Å². The molecule has 0 aliphatic carbocycles. The number of amides is 2. The number of carbonyl (C=O) groups excluding carboxylic acids is 1. The summed E-state index contributed by atoms with van der Waals surface area (Å²) in [5.74, 6) is 2.18. The van der Waals surface area contributed by atoms with E-state index in [1.165, 1.54) is 0 Å². The molecule has 1 heterocycles. The first-order chi connectivity index (χ1) is 10.5. The van der Waals surface area contributed by atoms with E-state index in [0.717, 1.165) is 34.7 Å². The van der Waals surface area contributed by atoms with E-state index in [0.29, 0.717) is 12.6 Å². The van der Waals surface area contributed by atoms with Crippen LogP contribution in [0.4, 0.5) is 10.5 Å². The number of hydrogen-bond donors (Lipinski definition) is 1. The number of nitrogens with one attached hydrogen (secondary N) is 1. The molecule has 4 nitrogen and oxygen atoms in total. The molecule has 0 unspecified atom stereocenters. The summed E-state index contributed by atoms with van der Waals surface area (Å²) in [7, 11) is 1.88. The maximum absolute atomic E-state index is 12.4. The maximum Gasteiger partial charge on any atom is 0.321 e. The number of benzene rings is 1. The van der Waals surface area contributed by atoms with Gasteiger partial charge in [0.05, 0.1) is 12.7 Å². The number of anilines is 1. The summed E-state index contributed by atoms with van der Waals surface area (Å²) in [6.07, 6.45) is 1.28. The van der Waals surface area contributed by atoms with Gasteiger partial charge in [0.25, 0.3) is 0 Å². The van der Waals surface area contributed by atoms with Crippen LogP contribution >= 0.6 is 11.8 Å². The average molecular weight is 322 g/mol. The van der Waals surface area contributed by atoms with Crippen molar-refractivity contribution in [1.82, 2.24) is 4.90 Å². The Kier molecular flexibility index (Phi) is 6.15. The minimum absolute atomic E-state index is 0.0301. The highest BCUT2D eigenvalue weighted by Crippen LogP contribution is 2.24. The molecule has 1 saturated heterocycles. The third-order valence-corrected chi connectivity index (χ3v) is 5.18. The molecule has 2 amide bonds. The summed E-state index contributed by atoms with van der Waals surface area (Å²) >= 11 is 1.91. The Morgan fingerprint density at radius 2 is 2.27 bits per heavy atom. The smallest absolute Gasteiger partial charge is 0.321 e. The van der Waals surface area contributed by atoms with Crippen LogP contribution in [0.1, 0.15) is 31.4 Å². The highest BCUT2D eigenvalue weighted by atomic mass is 32.2. The number of ether oxygens (including phenoxy) is 1. The third kappa shape index (κ3) is 4.40. The third-order valence-electron chi connectivity index (χ3n) is 4.03. The lowest BCUT2D eigenvalue weighted by Crippen LogP contribution is -2.40. The van der Waals surface area contributed by atoms with Crippen molar-refractivity contribution in [3.63, 3.8) is 0 Å². The zero-order chi connectivity index (χ0) is 16.1. The van der Waals surface area contributed by atoms with Gasteiger partial charge in [0.2, 0.25) is 0 Å². The molecule has 0 spiro atoms. The number of carbonyl (C=O) groups is 1. The minimum atomic E-state index is -0.0301. The first kappa shape index (κ1) is 17.2. The average Bonchev–Trinajstić information content (AvgIpc) is 3.01. The van der Waals surface area contributed by atoms with Gasteiger partial charge < -0.3 is 15.0 Å². The second-order valence-electron chi connectivity index (χ2n) is 6.01. The van der Waals surface area contributed by atoms with E-state index in [1.807, 2.05) is 62.7 Å². The number of rotatable bonds is 5. The normalized spacial score (nSPS) is 17.8. The Bertz CT molecular complexity index is 513. The van der Waals surface area contributed by atoms with Crippen LogP contribution in [0.25, 0.3) is 0 Å². The van der Waals surface area contributed by atoms with Crippen LogP contribution in [0.5, 0.6) is 0 Å². The highest BCUT2D eigenvalue weighted by Gasteiger charge is 2.24. The van der Waals surface area contributed by atoms with Crippen LogP contribution in [0.2, 0.25) is 0 Å². The van der Waals surface area contributed by atoms with Crippen LogP contribution in [0, 0.1) is 6.92 Å². The standard InChI is InChI=1S/C17H26N2O2S/c1-12(2)21-10-14-6-5-7-16(13(14)3)18-17(20)19(4)15-8-9-22-11-15/h5-7,12,15H,8-11H2,1-4H3,(H,18,20)/t15-/m1/s1. The quantitative estimate of drug-likeness (QED) is 0.894. The fraction of sp³-hybridized carbons (Fsp3) is 0.588. The van der Waals surface area contributed by atoms with E-state index >= 15 is 0 Å². The summed E-state index contributed by atoms with van der Waals surface area (Å²) < 4.78 is 5.67. The molecule has 22 heavy (non-hydrogen) atoms. The number of hydrogen-bond acceptors (Lipinski definition) is 3. The number of nitrogens with zero attached hydrogens (tertiary/aromatic N) is 1. The van der Waals surface area contributed by atoms with Crippen molar-refractivity contribution in [1.29, 1.82) is 0 Å². The Morgan fingerprint density at radius 1 is 1.50 bits per heavy atom. The van der Waals surface area contributed by atoms with Crippen molar-refractivity contribution in [3.8, 4) is 0 Å².